The molecule has 70 valence electrons. The zero-order valence-corrected chi connectivity index (χ0v) is 8.12. The van der Waals surface area contributed by atoms with Crippen LogP contribution >= 0.6 is 11.8 Å². The molecule has 1 heterocycles. The monoisotopic (exact) mass is 198 g/mol. The molecule has 0 aromatic carbocycles. The van der Waals surface area contributed by atoms with Crippen molar-refractivity contribution in [3.63, 3.8) is 0 Å². The number of hydrogen-bond donors (Lipinski definition) is 0. The zero-order chi connectivity index (χ0) is 9.26. The van der Waals surface area contributed by atoms with Crippen LogP contribution in [0, 0.1) is 0 Å². The van der Waals surface area contributed by atoms with Crippen LogP contribution < -0.4 is 0 Å². The van der Waals surface area contributed by atoms with Crippen LogP contribution in [0.5, 0.6) is 0 Å². The maximum Gasteiger partial charge on any atom is 0.209 e. The Morgan fingerprint density at radius 2 is 2.46 bits per heavy atom. The van der Waals surface area contributed by atoms with E-state index < -0.39 is 0 Å². The van der Waals surface area contributed by atoms with Gasteiger partial charge in [0.05, 0.1) is 0 Å². The molecule has 1 aliphatic carbocycles. The van der Waals surface area contributed by atoms with Crippen LogP contribution in [-0.4, -0.2) is 31.2 Å². The number of Topliss-reactive ketones (excluding diaryl/α,β-unsaturated/α-hetero) is 1. The Morgan fingerprint density at radius 1 is 1.62 bits per heavy atom. The molecule has 0 radical (unpaired) electrons. The highest BCUT2D eigenvalue weighted by Crippen LogP contribution is 2.31. The van der Waals surface area contributed by atoms with E-state index in [-0.39, 0.29) is 0 Å². The summed E-state index contributed by atoms with van der Waals surface area (Å²) in [6.45, 7) is 0. The van der Waals surface area contributed by atoms with E-state index >= 15 is 0 Å². The summed E-state index contributed by atoms with van der Waals surface area (Å²) >= 11 is 1.59. The van der Waals surface area contributed by atoms with Gasteiger partial charge in [0.15, 0.2) is 0 Å². The second-order valence-corrected chi connectivity index (χ2v) is 4.37. The van der Waals surface area contributed by atoms with E-state index in [4.69, 9.17) is 0 Å². The number of nitrogens with zero attached hydrogens (tertiary/aromatic N) is 4. The summed E-state index contributed by atoms with van der Waals surface area (Å²) in [6, 6.07) is 0. The molecule has 1 aromatic rings. The first-order valence-electron chi connectivity index (χ1n) is 4.16. The van der Waals surface area contributed by atoms with E-state index in [0.717, 1.165) is 11.6 Å². The van der Waals surface area contributed by atoms with Crippen LogP contribution in [0.15, 0.2) is 5.16 Å². The molecule has 0 aliphatic heterocycles. The SMILES string of the molecule is Cn1nnnc1SC1CCC(=O)C1. The predicted octanol–water partition coefficient (Wildman–Crippen LogP) is 0.424. The number of aromatic nitrogens is 4. The van der Waals surface area contributed by atoms with E-state index in [1.165, 1.54) is 0 Å². The van der Waals surface area contributed by atoms with E-state index in [9.17, 15) is 4.79 Å². The van der Waals surface area contributed by atoms with Gasteiger partial charge in [-0.3, -0.25) is 4.79 Å². The number of tetrazole rings is 1. The van der Waals surface area contributed by atoms with Crippen molar-refractivity contribution in [3.8, 4) is 0 Å². The maximum atomic E-state index is 11.0. The lowest BCUT2D eigenvalue weighted by molar-refractivity contribution is -0.117. The van der Waals surface area contributed by atoms with E-state index in [1.807, 2.05) is 0 Å². The topological polar surface area (TPSA) is 60.7 Å². The number of ketones is 1. The highest BCUT2D eigenvalue weighted by atomic mass is 32.2. The molecular formula is C7H10N4OS. The second-order valence-electron chi connectivity index (χ2n) is 3.11. The van der Waals surface area contributed by atoms with Crippen molar-refractivity contribution in [1.82, 2.24) is 20.2 Å². The fraction of sp³-hybridized carbons (Fsp3) is 0.714. The van der Waals surface area contributed by atoms with Gasteiger partial charge < -0.3 is 0 Å². The number of thioether (sulfide) groups is 1. The molecule has 0 amide bonds. The van der Waals surface area contributed by atoms with E-state index in [1.54, 1.807) is 23.5 Å². The van der Waals surface area contributed by atoms with Gasteiger partial charge in [-0.05, 0) is 16.8 Å². The van der Waals surface area contributed by atoms with E-state index in [0.29, 0.717) is 23.9 Å². The molecule has 6 heteroatoms. The maximum absolute atomic E-state index is 11.0. The Balaban J connectivity index is 1.99. The standard InChI is InChI=1S/C7H10N4OS/c1-11-7(8-9-10-11)13-6-3-2-5(12)4-6/h6H,2-4H2,1H3. The first-order chi connectivity index (χ1) is 6.25. The molecule has 1 saturated carbocycles. The van der Waals surface area contributed by atoms with Gasteiger partial charge in [0.1, 0.15) is 5.78 Å². The Bertz CT molecular complexity index is 324. The molecule has 13 heavy (non-hydrogen) atoms. The summed E-state index contributed by atoms with van der Waals surface area (Å²) in [6.07, 6.45) is 2.33. The second kappa shape index (κ2) is 3.45. The molecule has 0 N–H and O–H groups in total. The minimum atomic E-state index is 0.354. The highest BCUT2D eigenvalue weighted by molar-refractivity contribution is 7.99. The molecule has 5 nitrogen and oxygen atoms in total. The minimum Gasteiger partial charge on any atom is -0.300 e. The summed E-state index contributed by atoms with van der Waals surface area (Å²) in [5.41, 5.74) is 0. The van der Waals surface area contributed by atoms with E-state index in [2.05, 4.69) is 15.5 Å². The van der Waals surface area contributed by atoms with Gasteiger partial charge >= 0.3 is 0 Å². The summed E-state index contributed by atoms with van der Waals surface area (Å²) in [5, 5.41) is 12.3. The third-order valence-electron chi connectivity index (χ3n) is 2.05. The molecule has 0 spiro atoms. The lowest BCUT2D eigenvalue weighted by atomic mass is 10.4. The van der Waals surface area contributed by atoms with Crippen LogP contribution in [0.1, 0.15) is 19.3 Å². The van der Waals surface area contributed by atoms with Crippen molar-refractivity contribution in [3.05, 3.63) is 0 Å². The molecule has 2 rings (SSSR count). The van der Waals surface area contributed by atoms with Crippen LogP contribution in [0.3, 0.4) is 0 Å². The first kappa shape index (κ1) is 8.68. The number of carbonyl (C=O) groups is 1. The van der Waals surface area contributed by atoms with Gasteiger partial charge in [-0.25, -0.2) is 4.68 Å². The number of carbonyl (C=O) groups excluding carboxylic acids is 1. The average molecular weight is 198 g/mol. The number of hydrogen-bond acceptors (Lipinski definition) is 5. The lowest BCUT2D eigenvalue weighted by Crippen LogP contribution is -2.00. The largest absolute Gasteiger partial charge is 0.300 e. The van der Waals surface area contributed by atoms with Crippen LogP contribution in [0.25, 0.3) is 0 Å². The highest BCUT2D eigenvalue weighted by Gasteiger charge is 2.24. The molecule has 1 aromatic heterocycles. The first-order valence-corrected chi connectivity index (χ1v) is 5.04. The smallest absolute Gasteiger partial charge is 0.209 e. The Hall–Kier alpha value is -0.910. The van der Waals surface area contributed by atoms with Crippen molar-refractivity contribution in [1.29, 1.82) is 0 Å². The zero-order valence-electron chi connectivity index (χ0n) is 7.30. The fourth-order valence-corrected chi connectivity index (χ4v) is 2.43. The summed E-state index contributed by atoms with van der Waals surface area (Å²) < 4.78 is 1.63. The predicted molar refractivity (Wildman–Crippen MR) is 47.3 cm³/mol. The van der Waals surface area contributed by atoms with Gasteiger partial charge in [0.25, 0.3) is 0 Å². The van der Waals surface area contributed by atoms with Crippen molar-refractivity contribution in [2.75, 3.05) is 0 Å². The van der Waals surface area contributed by atoms with Crippen LogP contribution in [0.2, 0.25) is 0 Å². The van der Waals surface area contributed by atoms with Gasteiger partial charge in [0, 0.05) is 25.1 Å². The summed E-state index contributed by atoms with van der Waals surface area (Å²) in [4.78, 5) is 11.0. The average Bonchev–Trinajstić information content (AvgIpc) is 2.64. The minimum absolute atomic E-state index is 0.354. The molecule has 1 fully saturated rings. The number of rotatable bonds is 2. The summed E-state index contributed by atoms with van der Waals surface area (Å²) in [7, 11) is 1.80. The van der Waals surface area contributed by atoms with Gasteiger partial charge in [-0.1, -0.05) is 11.8 Å². The van der Waals surface area contributed by atoms with Gasteiger partial charge in [-0.2, -0.15) is 0 Å². The quantitative estimate of drug-likeness (QED) is 0.689. The molecule has 0 saturated heterocycles. The molecule has 1 aliphatic rings. The van der Waals surface area contributed by atoms with Crippen molar-refractivity contribution in [2.45, 2.75) is 29.7 Å². The molecule has 0 bridgehead atoms. The Labute approximate surface area is 79.9 Å². The lowest BCUT2D eigenvalue weighted by Gasteiger charge is -2.04. The van der Waals surface area contributed by atoms with Crippen LogP contribution in [0.4, 0.5) is 0 Å². The van der Waals surface area contributed by atoms with Crippen LogP contribution in [-0.2, 0) is 11.8 Å². The van der Waals surface area contributed by atoms with Crippen molar-refractivity contribution < 1.29 is 4.79 Å². The normalized spacial score (nSPS) is 22.5. The molecular weight excluding hydrogens is 188 g/mol. The third kappa shape index (κ3) is 1.88. The van der Waals surface area contributed by atoms with Crippen molar-refractivity contribution >= 4 is 17.5 Å². The molecule has 1 atom stereocenters. The van der Waals surface area contributed by atoms with Gasteiger partial charge in [0.2, 0.25) is 5.16 Å². The van der Waals surface area contributed by atoms with Gasteiger partial charge in [-0.15, -0.1) is 5.10 Å². The summed E-state index contributed by atoms with van der Waals surface area (Å²) in [5.74, 6) is 0.354. The van der Waals surface area contributed by atoms with Crippen molar-refractivity contribution in [2.24, 2.45) is 7.05 Å². The Morgan fingerprint density at radius 3 is 3.00 bits per heavy atom. The third-order valence-corrected chi connectivity index (χ3v) is 3.35. The molecule has 1 unspecified atom stereocenters. The fourth-order valence-electron chi connectivity index (χ4n) is 1.35. The Kier molecular flexibility index (Phi) is 2.30. The number of aryl methyl sites for hydroxylation is 1.